The minimum absolute atomic E-state index is 0.174. The molecule has 76 valence electrons. The van der Waals surface area contributed by atoms with Gasteiger partial charge >= 0.3 is 5.97 Å². The fourth-order valence-corrected chi connectivity index (χ4v) is 1.67. The molecule has 1 aromatic carbocycles. The van der Waals surface area contributed by atoms with Gasteiger partial charge in [0.1, 0.15) is 6.29 Å². The summed E-state index contributed by atoms with van der Waals surface area (Å²) in [4.78, 5) is 21.4. The first kappa shape index (κ1) is 9.45. The third-order valence-electron chi connectivity index (χ3n) is 2.29. The number of aromatic carboxylic acids is 1. The Morgan fingerprint density at radius 3 is 2.87 bits per heavy atom. The standard InChI is InChI=1S/C11H9NO3/c13-7-6-12-5-4-8-2-1-3-9(10(8)12)11(14)15/h1-5,7H,6H2,(H,14,15). The number of hydrogen-bond acceptors (Lipinski definition) is 2. The number of carboxylic acid groups (broad SMARTS) is 1. The smallest absolute Gasteiger partial charge is 0.337 e. The van der Waals surface area contributed by atoms with Crippen LogP contribution in [0, 0.1) is 0 Å². The summed E-state index contributed by atoms with van der Waals surface area (Å²) in [5.74, 6) is -0.980. The molecule has 0 radical (unpaired) electrons. The van der Waals surface area contributed by atoms with Crippen LogP contribution in [0.15, 0.2) is 30.5 Å². The molecule has 4 nitrogen and oxygen atoms in total. The van der Waals surface area contributed by atoms with Crippen LogP contribution in [0.5, 0.6) is 0 Å². The lowest BCUT2D eigenvalue weighted by molar-refractivity contribution is -0.108. The molecule has 2 aromatic rings. The Bertz CT molecular complexity index is 528. The molecule has 0 aliphatic heterocycles. The zero-order valence-corrected chi connectivity index (χ0v) is 7.88. The minimum atomic E-state index is -0.980. The van der Waals surface area contributed by atoms with Crippen LogP contribution < -0.4 is 0 Å². The number of benzene rings is 1. The van der Waals surface area contributed by atoms with Crippen molar-refractivity contribution in [2.75, 3.05) is 0 Å². The van der Waals surface area contributed by atoms with Crippen LogP contribution in [0.25, 0.3) is 10.9 Å². The number of aldehydes is 1. The van der Waals surface area contributed by atoms with E-state index in [0.29, 0.717) is 5.52 Å². The molecule has 1 aromatic heterocycles. The molecular weight excluding hydrogens is 194 g/mol. The number of nitrogens with zero attached hydrogens (tertiary/aromatic N) is 1. The van der Waals surface area contributed by atoms with E-state index in [1.54, 1.807) is 22.9 Å². The van der Waals surface area contributed by atoms with Crippen LogP contribution in [-0.4, -0.2) is 21.9 Å². The molecule has 1 N–H and O–H groups in total. The molecule has 0 saturated heterocycles. The zero-order chi connectivity index (χ0) is 10.8. The first-order valence-electron chi connectivity index (χ1n) is 4.49. The summed E-state index contributed by atoms with van der Waals surface area (Å²) < 4.78 is 1.63. The number of hydrogen-bond donors (Lipinski definition) is 1. The van der Waals surface area contributed by atoms with Crippen LogP contribution >= 0.6 is 0 Å². The van der Waals surface area contributed by atoms with E-state index >= 15 is 0 Å². The van der Waals surface area contributed by atoms with Crippen LogP contribution in [-0.2, 0) is 11.3 Å². The lowest BCUT2D eigenvalue weighted by Crippen LogP contribution is -2.03. The number of para-hydroxylation sites is 1. The maximum Gasteiger partial charge on any atom is 0.337 e. The third-order valence-corrected chi connectivity index (χ3v) is 2.29. The molecule has 0 aliphatic carbocycles. The minimum Gasteiger partial charge on any atom is -0.478 e. The molecule has 0 aliphatic rings. The topological polar surface area (TPSA) is 59.3 Å². The lowest BCUT2D eigenvalue weighted by Gasteiger charge is -2.03. The van der Waals surface area contributed by atoms with Gasteiger partial charge in [0.2, 0.25) is 0 Å². The van der Waals surface area contributed by atoms with E-state index in [2.05, 4.69) is 0 Å². The Balaban J connectivity index is 2.74. The van der Waals surface area contributed by atoms with E-state index in [-0.39, 0.29) is 12.1 Å². The molecular formula is C11H9NO3. The predicted octanol–water partition coefficient (Wildman–Crippen LogP) is 1.54. The summed E-state index contributed by atoms with van der Waals surface area (Å²) in [5, 5.41) is 9.82. The van der Waals surface area contributed by atoms with Crippen molar-refractivity contribution in [1.29, 1.82) is 0 Å². The molecule has 0 amide bonds. The average Bonchev–Trinajstić information content (AvgIpc) is 2.62. The molecule has 0 saturated carbocycles. The van der Waals surface area contributed by atoms with Gasteiger partial charge in [-0.25, -0.2) is 4.79 Å². The van der Waals surface area contributed by atoms with Crippen molar-refractivity contribution in [3.8, 4) is 0 Å². The van der Waals surface area contributed by atoms with Crippen molar-refractivity contribution in [3.63, 3.8) is 0 Å². The second kappa shape index (κ2) is 3.57. The number of rotatable bonds is 3. The molecule has 0 fully saturated rings. The summed E-state index contributed by atoms with van der Waals surface area (Å²) >= 11 is 0. The van der Waals surface area contributed by atoms with Crippen molar-refractivity contribution in [2.45, 2.75) is 6.54 Å². The maximum atomic E-state index is 11.0. The number of carbonyl (C=O) groups is 2. The van der Waals surface area contributed by atoms with Crippen molar-refractivity contribution >= 4 is 23.2 Å². The second-order valence-electron chi connectivity index (χ2n) is 3.18. The van der Waals surface area contributed by atoms with E-state index in [1.165, 1.54) is 6.07 Å². The predicted molar refractivity (Wildman–Crippen MR) is 55.0 cm³/mol. The van der Waals surface area contributed by atoms with Crippen molar-refractivity contribution in [3.05, 3.63) is 36.0 Å². The van der Waals surface area contributed by atoms with Crippen LogP contribution in [0.4, 0.5) is 0 Å². The summed E-state index contributed by atoms with van der Waals surface area (Å²) in [6, 6.07) is 6.84. The normalized spacial score (nSPS) is 10.4. The van der Waals surface area contributed by atoms with E-state index < -0.39 is 5.97 Å². The SMILES string of the molecule is O=CCn1ccc2cccc(C(=O)O)c21. The Morgan fingerprint density at radius 2 is 2.20 bits per heavy atom. The zero-order valence-electron chi connectivity index (χ0n) is 7.88. The van der Waals surface area contributed by atoms with Crippen molar-refractivity contribution < 1.29 is 14.7 Å². The number of carbonyl (C=O) groups excluding carboxylic acids is 1. The lowest BCUT2D eigenvalue weighted by atomic mass is 10.1. The summed E-state index contributed by atoms with van der Waals surface area (Å²) in [7, 11) is 0. The summed E-state index contributed by atoms with van der Waals surface area (Å²) in [5.41, 5.74) is 0.816. The van der Waals surface area contributed by atoms with Crippen LogP contribution in [0.2, 0.25) is 0 Å². The van der Waals surface area contributed by atoms with Crippen molar-refractivity contribution in [1.82, 2.24) is 4.57 Å². The van der Waals surface area contributed by atoms with E-state index in [9.17, 15) is 9.59 Å². The highest BCUT2D eigenvalue weighted by Gasteiger charge is 2.11. The highest BCUT2D eigenvalue weighted by Crippen LogP contribution is 2.20. The molecule has 0 spiro atoms. The molecule has 0 bridgehead atoms. The number of carboxylic acids is 1. The third kappa shape index (κ3) is 1.50. The molecule has 4 heteroatoms. The monoisotopic (exact) mass is 203 g/mol. The molecule has 0 unspecified atom stereocenters. The van der Waals surface area contributed by atoms with Crippen LogP contribution in [0.1, 0.15) is 10.4 Å². The van der Waals surface area contributed by atoms with Gasteiger partial charge in [-0.2, -0.15) is 0 Å². The number of aromatic nitrogens is 1. The van der Waals surface area contributed by atoms with Gasteiger partial charge in [-0.15, -0.1) is 0 Å². The Kier molecular flexibility index (Phi) is 2.25. The van der Waals surface area contributed by atoms with Gasteiger partial charge in [0.15, 0.2) is 0 Å². The van der Waals surface area contributed by atoms with E-state index in [4.69, 9.17) is 5.11 Å². The maximum absolute atomic E-state index is 11.0. The van der Waals surface area contributed by atoms with Gasteiger partial charge in [-0.1, -0.05) is 12.1 Å². The van der Waals surface area contributed by atoms with Gasteiger partial charge in [-0.05, 0) is 12.1 Å². The Labute approximate surface area is 85.7 Å². The van der Waals surface area contributed by atoms with Gasteiger partial charge in [-0.3, -0.25) is 0 Å². The Morgan fingerprint density at radius 1 is 1.40 bits per heavy atom. The largest absolute Gasteiger partial charge is 0.478 e. The summed E-state index contributed by atoms with van der Waals surface area (Å²) in [6.07, 6.45) is 2.46. The second-order valence-corrected chi connectivity index (χ2v) is 3.18. The van der Waals surface area contributed by atoms with Gasteiger partial charge in [0, 0.05) is 11.6 Å². The molecule has 2 rings (SSSR count). The fraction of sp³-hybridized carbons (Fsp3) is 0.0909. The van der Waals surface area contributed by atoms with Gasteiger partial charge in [0.25, 0.3) is 0 Å². The van der Waals surface area contributed by atoms with Gasteiger partial charge < -0.3 is 14.5 Å². The summed E-state index contributed by atoms with van der Waals surface area (Å²) in [6.45, 7) is 0.174. The van der Waals surface area contributed by atoms with Crippen molar-refractivity contribution in [2.24, 2.45) is 0 Å². The number of fused-ring (bicyclic) bond motifs is 1. The average molecular weight is 203 g/mol. The fourth-order valence-electron chi connectivity index (χ4n) is 1.67. The molecule has 0 atom stereocenters. The van der Waals surface area contributed by atoms with Crippen LogP contribution in [0.3, 0.4) is 0 Å². The van der Waals surface area contributed by atoms with E-state index in [1.807, 2.05) is 6.07 Å². The van der Waals surface area contributed by atoms with Gasteiger partial charge in [0.05, 0.1) is 17.6 Å². The quantitative estimate of drug-likeness (QED) is 0.769. The molecule has 15 heavy (non-hydrogen) atoms. The first-order chi connectivity index (χ1) is 7.24. The first-order valence-corrected chi connectivity index (χ1v) is 4.49. The Hall–Kier alpha value is -2.10. The molecule has 1 heterocycles. The highest BCUT2D eigenvalue weighted by molar-refractivity contribution is 6.02. The highest BCUT2D eigenvalue weighted by atomic mass is 16.4. The van der Waals surface area contributed by atoms with E-state index in [0.717, 1.165) is 11.7 Å².